The molecule has 0 aliphatic rings. The normalized spacial score (nSPS) is 11.0. The first-order valence-electron chi connectivity index (χ1n) is 9.17. The summed E-state index contributed by atoms with van der Waals surface area (Å²) in [5, 5.41) is 5.58. The number of hydrogen-bond donors (Lipinski definition) is 1. The summed E-state index contributed by atoms with van der Waals surface area (Å²) in [7, 11) is 0. The summed E-state index contributed by atoms with van der Waals surface area (Å²) in [6.07, 6.45) is 0.684. The largest absolute Gasteiger partial charge is 0.321 e. The zero-order valence-corrected chi connectivity index (χ0v) is 16.5. The molecule has 146 valence electrons. The minimum Gasteiger partial charge on any atom is -0.321 e. The van der Waals surface area contributed by atoms with Crippen molar-refractivity contribution in [3.63, 3.8) is 0 Å². The average molecular weight is 408 g/mol. The van der Waals surface area contributed by atoms with Gasteiger partial charge in [0.1, 0.15) is 17.3 Å². The minimum atomic E-state index is -0.795. The summed E-state index contributed by atoms with van der Waals surface area (Å²) < 4.78 is 27.5. The average Bonchev–Trinajstić information content (AvgIpc) is 3.04. The fourth-order valence-electron chi connectivity index (χ4n) is 3.28. The van der Waals surface area contributed by atoms with Gasteiger partial charge in [-0.3, -0.25) is 4.79 Å². The van der Waals surface area contributed by atoms with Gasteiger partial charge in [0.05, 0.1) is 17.1 Å². The highest BCUT2D eigenvalue weighted by Crippen LogP contribution is 2.26. The summed E-state index contributed by atoms with van der Waals surface area (Å²) in [4.78, 5) is 17.7. The van der Waals surface area contributed by atoms with Crippen LogP contribution in [0.15, 0.2) is 60.7 Å². The smallest absolute Gasteiger partial charge is 0.229 e. The molecule has 0 atom stereocenters. The van der Waals surface area contributed by atoms with Crippen molar-refractivity contribution >= 4 is 33.7 Å². The third-order valence-corrected chi connectivity index (χ3v) is 5.86. The molecule has 3 aromatic carbocycles. The number of aryl methyl sites for hydroxylation is 1. The Balaban J connectivity index is 1.51. The third kappa shape index (κ3) is 4.17. The molecule has 0 radical (unpaired) electrons. The van der Waals surface area contributed by atoms with Crippen LogP contribution in [0, 0.1) is 18.6 Å². The Hall–Kier alpha value is -3.12. The van der Waals surface area contributed by atoms with Gasteiger partial charge in [-0.25, -0.2) is 13.8 Å². The Morgan fingerprint density at radius 3 is 2.48 bits per heavy atom. The third-order valence-electron chi connectivity index (χ3n) is 4.71. The number of halogens is 2. The molecule has 0 fully saturated rings. The van der Waals surface area contributed by atoms with E-state index in [2.05, 4.69) is 34.6 Å². The van der Waals surface area contributed by atoms with Gasteiger partial charge in [-0.2, -0.15) is 0 Å². The number of anilines is 1. The molecule has 0 saturated heterocycles. The van der Waals surface area contributed by atoms with E-state index < -0.39 is 23.2 Å². The first-order valence-corrected chi connectivity index (χ1v) is 9.98. The SMILES string of the molecule is Cc1nc(Cc2cccc3ccccc23)sc1CC(=O)Nc1c(F)cccc1F. The van der Waals surface area contributed by atoms with Crippen molar-refractivity contribution in [2.75, 3.05) is 5.32 Å². The number of fused-ring (bicyclic) bond motifs is 1. The number of thiazole rings is 1. The Bertz CT molecular complexity index is 1180. The van der Waals surface area contributed by atoms with Crippen LogP contribution in [-0.4, -0.2) is 10.9 Å². The molecule has 0 aliphatic heterocycles. The van der Waals surface area contributed by atoms with E-state index in [1.165, 1.54) is 33.7 Å². The van der Waals surface area contributed by atoms with Gasteiger partial charge < -0.3 is 5.32 Å². The molecule has 0 spiro atoms. The van der Waals surface area contributed by atoms with Crippen LogP contribution in [-0.2, 0) is 17.6 Å². The predicted octanol–water partition coefficient (Wildman–Crippen LogP) is 5.65. The van der Waals surface area contributed by atoms with Crippen LogP contribution in [0.5, 0.6) is 0 Å². The lowest BCUT2D eigenvalue weighted by Crippen LogP contribution is -2.16. The Labute approximate surface area is 171 Å². The minimum absolute atomic E-state index is 0.0206. The standard InChI is InChI=1S/C23H18F2N2OS/c1-14-20(13-21(28)27-23-18(24)10-5-11-19(23)25)29-22(26-14)12-16-8-4-7-15-6-2-3-9-17(15)16/h2-11H,12-13H2,1H3,(H,27,28). The van der Waals surface area contributed by atoms with E-state index in [1.807, 2.05) is 25.1 Å². The van der Waals surface area contributed by atoms with Crippen LogP contribution in [0.25, 0.3) is 10.8 Å². The van der Waals surface area contributed by atoms with E-state index in [4.69, 9.17) is 0 Å². The van der Waals surface area contributed by atoms with E-state index in [-0.39, 0.29) is 6.42 Å². The number of carbonyl (C=O) groups excluding carboxylic acids is 1. The van der Waals surface area contributed by atoms with E-state index in [0.29, 0.717) is 6.42 Å². The quantitative estimate of drug-likeness (QED) is 0.463. The van der Waals surface area contributed by atoms with Gasteiger partial charge in [0.25, 0.3) is 0 Å². The lowest BCUT2D eigenvalue weighted by Gasteiger charge is -2.06. The van der Waals surface area contributed by atoms with Crippen molar-refractivity contribution in [3.05, 3.63) is 93.4 Å². The molecule has 1 amide bonds. The maximum absolute atomic E-state index is 13.7. The maximum Gasteiger partial charge on any atom is 0.229 e. The van der Waals surface area contributed by atoms with Gasteiger partial charge in [0.2, 0.25) is 5.91 Å². The summed E-state index contributed by atoms with van der Waals surface area (Å²) in [6.45, 7) is 1.84. The van der Waals surface area contributed by atoms with Gasteiger partial charge in [-0.05, 0) is 35.4 Å². The number of amides is 1. The van der Waals surface area contributed by atoms with E-state index >= 15 is 0 Å². The van der Waals surface area contributed by atoms with Crippen molar-refractivity contribution in [3.8, 4) is 0 Å². The number of para-hydroxylation sites is 1. The molecule has 4 aromatic rings. The van der Waals surface area contributed by atoms with Crippen LogP contribution in [0.1, 0.15) is 21.1 Å². The number of nitrogens with zero attached hydrogens (tertiary/aromatic N) is 1. The molecule has 3 nitrogen and oxygen atoms in total. The van der Waals surface area contributed by atoms with Crippen molar-refractivity contribution < 1.29 is 13.6 Å². The Morgan fingerprint density at radius 1 is 1.00 bits per heavy atom. The number of hydrogen-bond acceptors (Lipinski definition) is 3. The first-order chi connectivity index (χ1) is 14.0. The van der Waals surface area contributed by atoms with Crippen molar-refractivity contribution in [2.24, 2.45) is 0 Å². The van der Waals surface area contributed by atoms with E-state index in [9.17, 15) is 13.6 Å². The highest BCUT2D eigenvalue weighted by atomic mass is 32.1. The van der Waals surface area contributed by atoms with Gasteiger partial charge in [-0.1, -0.05) is 48.5 Å². The van der Waals surface area contributed by atoms with Gasteiger partial charge in [0, 0.05) is 11.3 Å². The number of rotatable bonds is 5. The number of carbonyl (C=O) groups is 1. The fourth-order valence-corrected chi connectivity index (χ4v) is 4.38. The monoisotopic (exact) mass is 408 g/mol. The van der Waals surface area contributed by atoms with E-state index in [1.54, 1.807) is 0 Å². The molecule has 1 N–H and O–H groups in total. The van der Waals surface area contributed by atoms with Gasteiger partial charge in [-0.15, -0.1) is 11.3 Å². The van der Waals surface area contributed by atoms with Crippen LogP contribution in [0.2, 0.25) is 0 Å². The highest BCUT2D eigenvalue weighted by molar-refractivity contribution is 7.11. The molecule has 4 rings (SSSR count). The second-order valence-electron chi connectivity index (χ2n) is 6.75. The van der Waals surface area contributed by atoms with Crippen molar-refractivity contribution in [2.45, 2.75) is 19.8 Å². The summed E-state index contributed by atoms with van der Waals surface area (Å²) >= 11 is 1.45. The second-order valence-corrected chi connectivity index (χ2v) is 7.92. The summed E-state index contributed by atoms with van der Waals surface area (Å²) in [6, 6.07) is 17.8. The van der Waals surface area contributed by atoms with Crippen LogP contribution in [0.4, 0.5) is 14.5 Å². The molecule has 0 saturated carbocycles. The second kappa shape index (κ2) is 8.09. The molecule has 1 heterocycles. The molecule has 0 unspecified atom stereocenters. The number of benzene rings is 3. The topological polar surface area (TPSA) is 42.0 Å². The zero-order chi connectivity index (χ0) is 20.4. The predicted molar refractivity (Wildman–Crippen MR) is 112 cm³/mol. The number of aromatic nitrogens is 1. The highest BCUT2D eigenvalue weighted by Gasteiger charge is 2.16. The summed E-state index contributed by atoms with van der Waals surface area (Å²) in [5.74, 6) is -2.07. The lowest BCUT2D eigenvalue weighted by molar-refractivity contribution is -0.115. The molecule has 6 heteroatoms. The van der Waals surface area contributed by atoms with Crippen LogP contribution >= 0.6 is 11.3 Å². The van der Waals surface area contributed by atoms with Crippen LogP contribution in [0.3, 0.4) is 0 Å². The number of nitrogens with one attached hydrogen (secondary N) is 1. The first kappa shape index (κ1) is 19.2. The fraction of sp³-hybridized carbons (Fsp3) is 0.130. The lowest BCUT2D eigenvalue weighted by atomic mass is 10.0. The molecule has 0 bridgehead atoms. The molecule has 29 heavy (non-hydrogen) atoms. The summed E-state index contributed by atoms with van der Waals surface area (Å²) in [5.41, 5.74) is 1.51. The Morgan fingerprint density at radius 2 is 1.69 bits per heavy atom. The van der Waals surface area contributed by atoms with Gasteiger partial charge in [0.15, 0.2) is 0 Å². The van der Waals surface area contributed by atoms with Crippen molar-refractivity contribution in [1.29, 1.82) is 0 Å². The Kier molecular flexibility index (Phi) is 5.36. The molecule has 1 aromatic heterocycles. The van der Waals surface area contributed by atoms with Crippen molar-refractivity contribution in [1.82, 2.24) is 4.98 Å². The van der Waals surface area contributed by atoms with Crippen LogP contribution < -0.4 is 5.32 Å². The molecule has 0 aliphatic carbocycles. The molecular formula is C23H18F2N2OS. The maximum atomic E-state index is 13.7. The van der Waals surface area contributed by atoms with E-state index in [0.717, 1.165) is 27.7 Å². The molecular weight excluding hydrogens is 390 g/mol. The van der Waals surface area contributed by atoms with Gasteiger partial charge >= 0.3 is 0 Å². The zero-order valence-electron chi connectivity index (χ0n) is 15.7.